The van der Waals surface area contributed by atoms with Crippen LogP contribution >= 0.6 is 0 Å². The van der Waals surface area contributed by atoms with Crippen molar-refractivity contribution in [3.05, 3.63) is 0 Å². The van der Waals surface area contributed by atoms with Crippen molar-refractivity contribution < 1.29 is 23.1 Å². The molecule has 2 N–H and O–H groups in total. The van der Waals surface area contributed by atoms with Gasteiger partial charge in [-0.1, -0.05) is 13.8 Å². The van der Waals surface area contributed by atoms with Gasteiger partial charge in [0.25, 0.3) is 0 Å². The SMILES string of the molecule is CC(C)(CO)CNOCC(F)(F)F. The second-order valence-electron chi connectivity index (χ2n) is 3.55. The Morgan fingerprint density at radius 3 is 2.23 bits per heavy atom. The monoisotopic (exact) mass is 201 g/mol. The van der Waals surface area contributed by atoms with Crippen LogP contribution in [-0.4, -0.2) is 31.0 Å². The summed E-state index contributed by atoms with van der Waals surface area (Å²) in [7, 11) is 0. The fraction of sp³-hybridized carbons (Fsp3) is 1.00. The van der Waals surface area contributed by atoms with Crippen molar-refractivity contribution in [3.63, 3.8) is 0 Å². The Bertz CT molecular complexity index is 147. The molecule has 80 valence electrons. The van der Waals surface area contributed by atoms with Gasteiger partial charge in [-0.25, -0.2) is 5.48 Å². The number of aliphatic hydroxyl groups is 1. The minimum absolute atomic E-state index is 0.116. The van der Waals surface area contributed by atoms with E-state index in [1.807, 2.05) is 0 Å². The Kier molecular flexibility index (Phi) is 4.66. The molecule has 0 heterocycles. The molecule has 0 radical (unpaired) electrons. The minimum atomic E-state index is -4.32. The Morgan fingerprint density at radius 2 is 1.85 bits per heavy atom. The third kappa shape index (κ3) is 8.01. The van der Waals surface area contributed by atoms with E-state index in [0.29, 0.717) is 0 Å². The van der Waals surface area contributed by atoms with E-state index in [1.165, 1.54) is 0 Å². The molecule has 0 atom stereocenters. The summed E-state index contributed by atoms with van der Waals surface area (Å²) in [6.07, 6.45) is -4.32. The molecule has 0 amide bonds. The summed E-state index contributed by atoms with van der Waals surface area (Å²) >= 11 is 0. The van der Waals surface area contributed by atoms with Crippen molar-refractivity contribution in [3.8, 4) is 0 Å². The summed E-state index contributed by atoms with van der Waals surface area (Å²) in [5.41, 5.74) is 1.67. The zero-order chi connectivity index (χ0) is 10.5. The Morgan fingerprint density at radius 1 is 1.31 bits per heavy atom. The Balaban J connectivity index is 3.47. The first-order valence-electron chi connectivity index (χ1n) is 3.79. The highest BCUT2D eigenvalue weighted by Crippen LogP contribution is 2.14. The molecule has 0 aromatic rings. The quantitative estimate of drug-likeness (QED) is 0.516. The van der Waals surface area contributed by atoms with Crippen molar-refractivity contribution in [2.75, 3.05) is 19.8 Å². The van der Waals surface area contributed by atoms with Crippen LogP contribution in [0, 0.1) is 5.41 Å². The first-order valence-corrected chi connectivity index (χ1v) is 3.79. The van der Waals surface area contributed by atoms with Crippen LogP contribution in [0.4, 0.5) is 13.2 Å². The molecule has 0 spiro atoms. The van der Waals surface area contributed by atoms with Gasteiger partial charge in [-0.2, -0.15) is 13.2 Å². The second kappa shape index (κ2) is 4.78. The van der Waals surface area contributed by atoms with Gasteiger partial charge in [-0.15, -0.1) is 0 Å². The second-order valence-corrected chi connectivity index (χ2v) is 3.55. The standard InChI is InChI=1S/C7H14F3NO2/c1-6(2,4-12)3-11-13-5-7(8,9)10/h11-12H,3-5H2,1-2H3. The smallest absolute Gasteiger partial charge is 0.396 e. The lowest BCUT2D eigenvalue weighted by molar-refractivity contribution is -0.191. The molecule has 0 rings (SSSR count). The largest absolute Gasteiger partial charge is 0.413 e. The van der Waals surface area contributed by atoms with Crippen molar-refractivity contribution in [1.82, 2.24) is 5.48 Å². The maximum absolute atomic E-state index is 11.5. The van der Waals surface area contributed by atoms with E-state index in [2.05, 4.69) is 10.3 Å². The average molecular weight is 201 g/mol. The molecule has 0 bridgehead atoms. The number of hydroxylamine groups is 1. The fourth-order valence-corrected chi connectivity index (χ4v) is 0.435. The van der Waals surface area contributed by atoms with Crippen LogP contribution in [0.2, 0.25) is 0 Å². The van der Waals surface area contributed by atoms with Crippen LogP contribution in [0.5, 0.6) is 0 Å². The molecule has 0 unspecified atom stereocenters. The molecule has 0 saturated carbocycles. The van der Waals surface area contributed by atoms with Crippen LogP contribution in [0.3, 0.4) is 0 Å². The number of rotatable bonds is 5. The van der Waals surface area contributed by atoms with E-state index in [4.69, 9.17) is 5.11 Å². The highest BCUT2D eigenvalue weighted by Gasteiger charge is 2.28. The van der Waals surface area contributed by atoms with E-state index in [1.54, 1.807) is 13.8 Å². The highest BCUT2D eigenvalue weighted by molar-refractivity contribution is 4.67. The lowest BCUT2D eigenvalue weighted by Gasteiger charge is -2.21. The third-order valence-corrected chi connectivity index (χ3v) is 1.32. The average Bonchev–Trinajstić information content (AvgIpc) is 1.97. The summed E-state index contributed by atoms with van der Waals surface area (Å²) < 4.78 is 34.6. The first kappa shape index (κ1) is 12.7. The van der Waals surface area contributed by atoms with E-state index in [-0.39, 0.29) is 13.2 Å². The molecule has 0 aliphatic rings. The fourth-order valence-electron chi connectivity index (χ4n) is 0.435. The van der Waals surface area contributed by atoms with Gasteiger partial charge in [0.2, 0.25) is 0 Å². The lowest BCUT2D eigenvalue weighted by atomic mass is 9.96. The molecule has 0 fully saturated rings. The molecule has 0 aromatic heterocycles. The van der Waals surface area contributed by atoms with Gasteiger partial charge in [0.15, 0.2) is 6.61 Å². The molecule has 0 aromatic carbocycles. The van der Waals surface area contributed by atoms with Gasteiger partial charge in [0, 0.05) is 18.6 Å². The molecule has 13 heavy (non-hydrogen) atoms. The lowest BCUT2D eigenvalue weighted by Crippen LogP contribution is -2.34. The summed E-state index contributed by atoms with van der Waals surface area (Å²) in [5, 5.41) is 8.74. The van der Waals surface area contributed by atoms with Crippen molar-refractivity contribution in [2.24, 2.45) is 5.41 Å². The molecule has 6 heteroatoms. The van der Waals surface area contributed by atoms with Crippen LogP contribution in [0.25, 0.3) is 0 Å². The van der Waals surface area contributed by atoms with Crippen LogP contribution in [0.15, 0.2) is 0 Å². The minimum Gasteiger partial charge on any atom is -0.396 e. The predicted octanol–water partition coefficient (Wildman–Crippen LogP) is 1.09. The molecular formula is C7H14F3NO2. The Labute approximate surface area is 74.8 Å². The van der Waals surface area contributed by atoms with E-state index in [0.717, 1.165) is 0 Å². The first-order chi connectivity index (χ1) is 5.77. The van der Waals surface area contributed by atoms with Crippen LogP contribution in [0.1, 0.15) is 13.8 Å². The van der Waals surface area contributed by atoms with Gasteiger partial charge in [-0.3, -0.25) is 4.84 Å². The van der Waals surface area contributed by atoms with E-state index < -0.39 is 18.2 Å². The molecule has 0 aliphatic heterocycles. The number of hydrogen-bond acceptors (Lipinski definition) is 3. The van der Waals surface area contributed by atoms with Crippen LogP contribution < -0.4 is 5.48 Å². The summed E-state index contributed by atoms with van der Waals surface area (Å²) in [6.45, 7) is 2.14. The zero-order valence-electron chi connectivity index (χ0n) is 7.61. The van der Waals surface area contributed by atoms with Gasteiger partial charge in [0.1, 0.15) is 0 Å². The molecule has 0 saturated heterocycles. The summed E-state index contributed by atoms with van der Waals surface area (Å²) in [5.74, 6) is 0. The highest BCUT2D eigenvalue weighted by atomic mass is 19.4. The van der Waals surface area contributed by atoms with Crippen molar-refractivity contribution >= 4 is 0 Å². The molecule has 3 nitrogen and oxygen atoms in total. The van der Waals surface area contributed by atoms with Gasteiger partial charge >= 0.3 is 6.18 Å². The van der Waals surface area contributed by atoms with E-state index in [9.17, 15) is 13.2 Å². The van der Waals surface area contributed by atoms with E-state index >= 15 is 0 Å². The van der Waals surface area contributed by atoms with Gasteiger partial charge in [-0.05, 0) is 0 Å². The van der Waals surface area contributed by atoms with Crippen molar-refractivity contribution in [2.45, 2.75) is 20.0 Å². The molecular weight excluding hydrogens is 187 g/mol. The normalized spacial score (nSPS) is 13.4. The third-order valence-electron chi connectivity index (χ3n) is 1.32. The van der Waals surface area contributed by atoms with Crippen molar-refractivity contribution in [1.29, 1.82) is 0 Å². The number of alkyl halides is 3. The maximum atomic E-state index is 11.5. The number of halogens is 3. The predicted molar refractivity (Wildman–Crippen MR) is 40.9 cm³/mol. The number of hydrogen-bond donors (Lipinski definition) is 2. The zero-order valence-corrected chi connectivity index (χ0v) is 7.61. The van der Waals surface area contributed by atoms with Gasteiger partial charge in [0.05, 0.1) is 0 Å². The van der Waals surface area contributed by atoms with Gasteiger partial charge < -0.3 is 5.11 Å². The summed E-state index contributed by atoms with van der Waals surface area (Å²) in [6, 6.07) is 0. The van der Waals surface area contributed by atoms with Crippen LogP contribution in [-0.2, 0) is 4.84 Å². The number of nitrogens with one attached hydrogen (secondary N) is 1. The Hall–Kier alpha value is -0.330. The number of aliphatic hydroxyl groups excluding tert-OH is 1. The maximum Gasteiger partial charge on any atom is 0.413 e. The topological polar surface area (TPSA) is 41.5 Å². The molecule has 0 aliphatic carbocycles. The summed E-state index contributed by atoms with van der Waals surface area (Å²) in [4.78, 5) is 4.15.